The van der Waals surface area contributed by atoms with Gasteiger partial charge in [-0.05, 0) is 37.3 Å². The second-order valence-corrected chi connectivity index (χ2v) is 8.87. The van der Waals surface area contributed by atoms with E-state index in [-0.39, 0.29) is 29.0 Å². The highest BCUT2D eigenvalue weighted by molar-refractivity contribution is 7.99. The highest BCUT2D eigenvalue weighted by atomic mass is 35.5. The van der Waals surface area contributed by atoms with Crippen molar-refractivity contribution in [3.05, 3.63) is 63.9 Å². The van der Waals surface area contributed by atoms with Crippen LogP contribution in [-0.4, -0.2) is 32.4 Å². The SMILES string of the molecule is CC(O)CC(=O)Nc1cnccc1Nc1cc(-c2cc(Cl)ccc2F)c(=O)n2c1SCC2. The molecule has 1 aromatic carbocycles. The Balaban J connectivity index is 1.76. The molecule has 3 N–H and O–H groups in total. The first-order chi connectivity index (χ1) is 15.3. The zero-order valence-electron chi connectivity index (χ0n) is 17.1. The molecule has 0 aliphatic carbocycles. The summed E-state index contributed by atoms with van der Waals surface area (Å²) in [6.07, 6.45) is 2.21. The predicted octanol–water partition coefficient (Wildman–Crippen LogP) is 4.26. The third-order valence-corrected chi connectivity index (χ3v) is 6.19. The van der Waals surface area contributed by atoms with E-state index in [4.69, 9.17) is 11.6 Å². The van der Waals surface area contributed by atoms with Gasteiger partial charge in [0.1, 0.15) is 10.8 Å². The Morgan fingerprint density at radius 2 is 2.09 bits per heavy atom. The number of pyridine rings is 2. The maximum atomic E-state index is 14.5. The van der Waals surface area contributed by atoms with Crippen LogP contribution in [0.1, 0.15) is 13.3 Å². The lowest BCUT2D eigenvalue weighted by Crippen LogP contribution is -2.22. The minimum atomic E-state index is -0.779. The van der Waals surface area contributed by atoms with Gasteiger partial charge in [-0.1, -0.05) is 11.6 Å². The first-order valence-corrected chi connectivity index (χ1v) is 11.2. The molecule has 1 amide bonds. The minimum Gasteiger partial charge on any atom is -0.393 e. The van der Waals surface area contributed by atoms with Crippen molar-refractivity contribution >= 4 is 46.3 Å². The quantitative estimate of drug-likeness (QED) is 0.494. The number of carbonyl (C=O) groups is 1. The molecule has 1 aliphatic rings. The largest absolute Gasteiger partial charge is 0.393 e. The molecule has 3 aromatic rings. The number of aliphatic hydroxyl groups excluding tert-OH is 1. The van der Waals surface area contributed by atoms with Crippen LogP contribution in [0.4, 0.5) is 21.5 Å². The maximum Gasteiger partial charge on any atom is 0.259 e. The molecule has 3 heterocycles. The van der Waals surface area contributed by atoms with Crippen molar-refractivity contribution in [2.24, 2.45) is 0 Å². The van der Waals surface area contributed by atoms with Crippen molar-refractivity contribution in [1.29, 1.82) is 0 Å². The summed E-state index contributed by atoms with van der Waals surface area (Å²) in [6.45, 7) is 2.03. The standard InChI is InChI=1S/C22H20ClFN4O3S/c1-12(29)8-20(30)27-19-11-25-5-4-17(19)26-18-10-15(14-9-13(23)2-3-16(14)24)21(31)28-6-7-32-22(18)28/h2-5,9-12,29H,6-8H2,1H3,(H,25,26)(H,27,30). The van der Waals surface area contributed by atoms with Gasteiger partial charge >= 0.3 is 0 Å². The highest BCUT2D eigenvalue weighted by Gasteiger charge is 2.23. The van der Waals surface area contributed by atoms with Crippen molar-refractivity contribution in [2.45, 2.75) is 31.0 Å². The van der Waals surface area contributed by atoms with Gasteiger partial charge in [-0.3, -0.25) is 14.6 Å². The summed E-state index contributed by atoms with van der Waals surface area (Å²) < 4.78 is 16.2. The van der Waals surface area contributed by atoms with Crippen molar-refractivity contribution in [1.82, 2.24) is 9.55 Å². The van der Waals surface area contributed by atoms with Crippen LogP contribution >= 0.6 is 23.4 Å². The molecule has 1 aliphatic heterocycles. The molecule has 1 unspecified atom stereocenters. The third-order valence-electron chi connectivity index (χ3n) is 4.86. The van der Waals surface area contributed by atoms with Crippen LogP contribution in [0.15, 0.2) is 52.5 Å². The van der Waals surface area contributed by atoms with E-state index in [0.29, 0.717) is 34.4 Å². The number of amides is 1. The summed E-state index contributed by atoms with van der Waals surface area (Å²) in [4.78, 5) is 29.3. The Morgan fingerprint density at radius 1 is 1.28 bits per heavy atom. The number of halogens is 2. The molecule has 0 saturated carbocycles. The average molecular weight is 475 g/mol. The number of hydrogen-bond acceptors (Lipinski definition) is 6. The number of carbonyl (C=O) groups excluding carboxylic acids is 1. The fourth-order valence-electron chi connectivity index (χ4n) is 3.45. The molecule has 7 nitrogen and oxygen atoms in total. The molecule has 0 saturated heterocycles. The fraction of sp³-hybridized carbons (Fsp3) is 0.227. The van der Waals surface area contributed by atoms with Crippen molar-refractivity contribution < 1.29 is 14.3 Å². The van der Waals surface area contributed by atoms with Gasteiger partial charge < -0.3 is 20.3 Å². The fourth-order valence-corrected chi connectivity index (χ4v) is 4.68. The van der Waals surface area contributed by atoms with E-state index in [1.54, 1.807) is 22.9 Å². The van der Waals surface area contributed by atoms with Crippen LogP contribution < -0.4 is 16.2 Å². The highest BCUT2D eigenvalue weighted by Crippen LogP contribution is 2.37. The number of aliphatic hydroxyl groups is 1. The first-order valence-electron chi connectivity index (χ1n) is 9.88. The van der Waals surface area contributed by atoms with Crippen LogP contribution in [0.25, 0.3) is 11.1 Å². The van der Waals surface area contributed by atoms with E-state index in [1.165, 1.54) is 43.1 Å². The number of aromatic nitrogens is 2. The number of anilines is 3. The lowest BCUT2D eigenvalue weighted by Gasteiger charge is -2.17. The third kappa shape index (κ3) is 4.64. The molecule has 32 heavy (non-hydrogen) atoms. The summed E-state index contributed by atoms with van der Waals surface area (Å²) >= 11 is 7.56. The second-order valence-electron chi connectivity index (χ2n) is 7.35. The average Bonchev–Trinajstić information content (AvgIpc) is 3.23. The van der Waals surface area contributed by atoms with Crippen LogP contribution in [-0.2, 0) is 11.3 Å². The summed E-state index contributed by atoms with van der Waals surface area (Å²) in [5.41, 5.74) is 1.58. The number of nitrogens with zero attached hydrogens (tertiary/aromatic N) is 2. The summed E-state index contributed by atoms with van der Waals surface area (Å²) in [5.74, 6) is -0.194. The van der Waals surface area contributed by atoms with Gasteiger partial charge in [0.05, 0.1) is 41.3 Å². The monoisotopic (exact) mass is 474 g/mol. The van der Waals surface area contributed by atoms with Crippen LogP contribution in [0.3, 0.4) is 0 Å². The molecular formula is C22H20ClFN4O3S. The lowest BCUT2D eigenvalue weighted by atomic mass is 10.1. The number of nitrogens with one attached hydrogen (secondary N) is 2. The Morgan fingerprint density at radius 3 is 2.88 bits per heavy atom. The smallest absolute Gasteiger partial charge is 0.259 e. The summed E-state index contributed by atoms with van der Waals surface area (Å²) in [7, 11) is 0. The molecule has 0 bridgehead atoms. The molecule has 0 spiro atoms. The van der Waals surface area contributed by atoms with Crippen LogP contribution in [0, 0.1) is 5.82 Å². The van der Waals surface area contributed by atoms with E-state index < -0.39 is 11.9 Å². The minimum absolute atomic E-state index is 0.0570. The zero-order chi connectivity index (χ0) is 22.8. The van der Waals surface area contributed by atoms with Crippen molar-refractivity contribution in [2.75, 3.05) is 16.4 Å². The van der Waals surface area contributed by atoms with Gasteiger partial charge in [0.2, 0.25) is 5.91 Å². The molecule has 166 valence electrons. The maximum absolute atomic E-state index is 14.5. The van der Waals surface area contributed by atoms with Crippen LogP contribution in [0.5, 0.6) is 0 Å². The van der Waals surface area contributed by atoms with Gasteiger partial charge in [-0.25, -0.2) is 4.39 Å². The molecule has 1 atom stereocenters. The summed E-state index contributed by atoms with van der Waals surface area (Å²) in [5, 5.41) is 16.5. The van der Waals surface area contributed by atoms with Gasteiger partial charge in [0.15, 0.2) is 0 Å². The Kier molecular flexibility index (Phi) is 6.50. The topological polar surface area (TPSA) is 96.2 Å². The molecular weight excluding hydrogens is 455 g/mol. The van der Waals surface area contributed by atoms with Crippen molar-refractivity contribution in [3.8, 4) is 11.1 Å². The molecule has 10 heteroatoms. The predicted molar refractivity (Wildman–Crippen MR) is 124 cm³/mol. The number of hydrogen-bond donors (Lipinski definition) is 3. The number of benzene rings is 1. The number of thioether (sulfide) groups is 1. The molecule has 2 aromatic heterocycles. The van der Waals surface area contributed by atoms with Gasteiger partial charge in [-0.2, -0.15) is 0 Å². The molecule has 0 radical (unpaired) electrons. The Bertz CT molecular complexity index is 1250. The normalized spacial score (nSPS) is 13.5. The summed E-state index contributed by atoms with van der Waals surface area (Å²) in [6, 6.07) is 7.37. The van der Waals surface area contributed by atoms with E-state index >= 15 is 0 Å². The molecule has 0 fully saturated rings. The van der Waals surface area contributed by atoms with Crippen molar-refractivity contribution in [3.63, 3.8) is 0 Å². The number of fused-ring (bicyclic) bond motifs is 1. The van der Waals surface area contributed by atoms with Gasteiger partial charge in [-0.15, -0.1) is 11.8 Å². The Labute approximate surface area is 192 Å². The van der Waals surface area contributed by atoms with E-state index in [0.717, 1.165) is 5.03 Å². The lowest BCUT2D eigenvalue weighted by molar-refractivity contribution is -0.117. The zero-order valence-corrected chi connectivity index (χ0v) is 18.6. The van der Waals surface area contributed by atoms with Gasteiger partial charge in [0, 0.05) is 29.1 Å². The Hall–Kier alpha value is -2.88. The van der Waals surface area contributed by atoms with Gasteiger partial charge in [0.25, 0.3) is 5.56 Å². The van der Waals surface area contributed by atoms with Crippen LogP contribution in [0.2, 0.25) is 5.02 Å². The van der Waals surface area contributed by atoms with E-state index in [2.05, 4.69) is 15.6 Å². The van der Waals surface area contributed by atoms with E-state index in [1.807, 2.05) is 0 Å². The number of rotatable bonds is 6. The first kappa shape index (κ1) is 22.3. The second kappa shape index (κ2) is 9.32. The van der Waals surface area contributed by atoms with E-state index in [9.17, 15) is 19.1 Å². The molecule has 4 rings (SSSR count).